The molecule has 0 amide bonds. The number of aromatic nitrogens is 1. The van der Waals surface area contributed by atoms with Crippen molar-refractivity contribution in [1.82, 2.24) is 9.29 Å². The minimum absolute atomic E-state index is 0.0103. The van der Waals surface area contributed by atoms with Crippen LogP contribution in [-0.4, -0.2) is 30.8 Å². The Morgan fingerprint density at radius 3 is 2.42 bits per heavy atom. The van der Waals surface area contributed by atoms with Gasteiger partial charge in [0.2, 0.25) is 10.0 Å². The highest BCUT2D eigenvalue weighted by Gasteiger charge is 2.33. The Bertz CT molecular complexity index is 567. The van der Waals surface area contributed by atoms with Gasteiger partial charge in [-0.3, -0.25) is 0 Å². The summed E-state index contributed by atoms with van der Waals surface area (Å²) < 4.78 is 27.1. The maximum absolute atomic E-state index is 12.6. The lowest BCUT2D eigenvalue weighted by Crippen LogP contribution is -2.43. The lowest BCUT2D eigenvalue weighted by atomic mass is 9.88. The highest BCUT2D eigenvalue weighted by Crippen LogP contribution is 2.30. The average Bonchev–Trinajstić information content (AvgIpc) is 2.28. The average molecular weight is 350 g/mol. The molecule has 108 valence electrons. The molecule has 1 atom stereocenters. The van der Waals surface area contributed by atoms with Crippen molar-refractivity contribution in [3.63, 3.8) is 0 Å². The number of halogens is 1. The van der Waals surface area contributed by atoms with Crippen LogP contribution in [0.3, 0.4) is 0 Å². The Morgan fingerprint density at radius 1 is 1.42 bits per heavy atom. The number of rotatable bonds is 3. The number of nitrogens with zero attached hydrogens (tertiary/aromatic N) is 2. The summed E-state index contributed by atoms with van der Waals surface area (Å²) in [5.41, 5.74) is 5.51. The van der Waals surface area contributed by atoms with Crippen LogP contribution in [0.15, 0.2) is 21.6 Å². The molecule has 0 aliphatic rings. The Labute approximate surface area is 123 Å². The Kier molecular flexibility index (Phi) is 4.64. The Balaban J connectivity index is 3.28. The van der Waals surface area contributed by atoms with Crippen LogP contribution in [0.25, 0.3) is 0 Å². The lowest BCUT2D eigenvalue weighted by Gasteiger charge is -2.34. The molecular weight excluding hydrogens is 330 g/mol. The lowest BCUT2D eigenvalue weighted by molar-refractivity contribution is 0.216. The molecule has 7 heteroatoms. The van der Waals surface area contributed by atoms with Gasteiger partial charge in [-0.05, 0) is 34.3 Å². The maximum atomic E-state index is 12.6. The van der Waals surface area contributed by atoms with Crippen molar-refractivity contribution in [2.75, 3.05) is 12.8 Å². The highest BCUT2D eigenvalue weighted by molar-refractivity contribution is 9.10. The van der Waals surface area contributed by atoms with E-state index in [0.717, 1.165) is 0 Å². The van der Waals surface area contributed by atoms with E-state index >= 15 is 0 Å². The minimum Gasteiger partial charge on any atom is -0.383 e. The fourth-order valence-corrected chi connectivity index (χ4v) is 3.67. The third-order valence-electron chi connectivity index (χ3n) is 3.30. The summed E-state index contributed by atoms with van der Waals surface area (Å²) in [4.78, 5) is 3.90. The van der Waals surface area contributed by atoms with Crippen molar-refractivity contribution in [3.05, 3.63) is 16.7 Å². The van der Waals surface area contributed by atoms with E-state index in [1.165, 1.54) is 16.6 Å². The van der Waals surface area contributed by atoms with E-state index < -0.39 is 10.0 Å². The molecular formula is C12H20BrN3O2S. The van der Waals surface area contributed by atoms with Crippen LogP contribution in [0.4, 0.5) is 5.82 Å². The quantitative estimate of drug-likeness (QED) is 0.909. The summed E-state index contributed by atoms with van der Waals surface area (Å²) in [5, 5.41) is 0. The monoisotopic (exact) mass is 349 g/mol. The minimum atomic E-state index is -3.66. The zero-order valence-corrected chi connectivity index (χ0v) is 14.2. The molecule has 0 saturated carbocycles. The van der Waals surface area contributed by atoms with E-state index in [9.17, 15) is 8.42 Å². The predicted molar refractivity (Wildman–Crippen MR) is 80.2 cm³/mol. The highest BCUT2D eigenvalue weighted by atomic mass is 79.9. The standard InChI is InChI=1S/C12H20BrN3O2S/c1-8(12(2,3)4)16(5)19(17,18)10-6-9(13)7-15-11(10)14/h6-8H,1-5H3,(H2,14,15). The molecule has 1 rings (SSSR count). The first-order valence-electron chi connectivity index (χ1n) is 5.87. The van der Waals surface area contributed by atoms with Gasteiger partial charge < -0.3 is 5.73 Å². The van der Waals surface area contributed by atoms with E-state index in [1.54, 1.807) is 7.05 Å². The van der Waals surface area contributed by atoms with Gasteiger partial charge in [0.05, 0.1) is 0 Å². The topological polar surface area (TPSA) is 76.3 Å². The second kappa shape index (κ2) is 5.38. The first kappa shape index (κ1) is 16.4. The fraction of sp³-hybridized carbons (Fsp3) is 0.583. The summed E-state index contributed by atoms with van der Waals surface area (Å²) in [5.74, 6) is 0.0103. The summed E-state index contributed by atoms with van der Waals surface area (Å²) in [6.07, 6.45) is 1.47. The van der Waals surface area contributed by atoms with Gasteiger partial charge in [0.1, 0.15) is 10.7 Å². The van der Waals surface area contributed by atoms with Crippen molar-refractivity contribution in [3.8, 4) is 0 Å². The van der Waals surface area contributed by atoms with Crippen molar-refractivity contribution >= 4 is 31.8 Å². The SMILES string of the molecule is CC(N(C)S(=O)(=O)c1cc(Br)cnc1N)C(C)(C)C. The molecule has 2 N–H and O–H groups in total. The van der Waals surface area contributed by atoms with E-state index in [2.05, 4.69) is 20.9 Å². The molecule has 0 bridgehead atoms. The molecule has 0 saturated heterocycles. The van der Waals surface area contributed by atoms with Crippen LogP contribution in [0.1, 0.15) is 27.7 Å². The molecule has 5 nitrogen and oxygen atoms in total. The number of nitrogens with two attached hydrogens (primary N) is 1. The molecule has 0 aliphatic heterocycles. The smallest absolute Gasteiger partial charge is 0.246 e. The maximum Gasteiger partial charge on any atom is 0.246 e. The van der Waals surface area contributed by atoms with Gasteiger partial charge in [-0.1, -0.05) is 20.8 Å². The number of sulfonamides is 1. The molecule has 0 fully saturated rings. The van der Waals surface area contributed by atoms with Gasteiger partial charge in [0, 0.05) is 23.8 Å². The molecule has 1 unspecified atom stereocenters. The van der Waals surface area contributed by atoms with Gasteiger partial charge >= 0.3 is 0 Å². The van der Waals surface area contributed by atoms with Crippen LogP contribution in [-0.2, 0) is 10.0 Å². The van der Waals surface area contributed by atoms with Gasteiger partial charge in [0.25, 0.3) is 0 Å². The molecule has 1 heterocycles. The van der Waals surface area contributed by atoms with Gasteiger partial charge in [-0.2, -0.15) is 4.31 Å². The number of anilines is 1. The first-order chi connectivity index (χ1) is 8.48. The number of pyridine rings is 1. The van der Waals surface area contributed by atoms with Crippen molar-refractivity contribution in [1.29, 1.82) is 0 Å². The third-order valence-corrected chi connectivity index (χ3v) is 5.70. The van der Waals surface area contributed by atoms with Crippen molar-refractivity contribution in [2.45, 2.75) is 38.6 Å². The second-order valence-corrected chi connectivity index (χ2v) is 8.48. The molecule has 19 heavy (non-hydrogen) atoms. The van der Waals surface area contributed by atoms with Gasteiger partial charge in [-0.15, -0.1) is 0 Å². The molecule has 0 radical (unpaired) electrons. The third kappa shape index (κ3) is 3.46. The molecule has 0 spiro atoms. The summed E-state index contributed by atoms with van der Waals surface area (Å²) in [6, 6.07) is 1.31. The zero-order valence-electron chi connectivity index (χ0n) is 11.8. The number of hydrogen-bond donors (Lipinski definition) is 1. The van der Waals surface area contributed by atoms with Crippen LogP contribution in [0, 0.1) is 5.41 Å². The summed E-state index contributed by atoms with van der Waals surface area (Å²) in [7, 11) is -2.10. The second-order valence-electron chi connectivity index (χ2n) is 5.60. The zero-order chi connectivity index (χ0) is 15.0. The molecule has 1 aromatic rings. The van der Waals surface area contributed by atoms with Crippen LogP contribution in [0.2, 0.25) is 0 Å². The van der Waals surface area contributed by atoms with Crippen LogP contribution < -0.4 is 5.73 Å². The van der Waals surface area contributed by atoms with Crippen LogP contribution in [0.5, 0.6) is 0 Å². The largest absolute Gasteiger partial charge is 0.383 e. The summed E-state index contributed by atoms with van der Waals surface area (Å²) in [6.45, 7) is 7.85. The molecule has 0 aliphatic carbocycles. The molecule has 0 aromatic carbocycles. The Hall–Kier alpha value is -0.660. The summed E-state index contributed by atoms with van der Waals surface area (Å²) >= 11 is 3.21. The Morgan fingerprint density at radius 2 is 1.95 bits per heavy atom. The first-order valence-corrected chi connectivity index (χ1v) is 8.10. The van der Waals surface area contributed by atoms with Crippen LogP contribution >= 0.6 is 15.9 Å². The predicted octanol–water partition coefficient (Wildman–Crippen LogP) is 2.48. The van der Waals surface area contributed by atoms with Gasteiger partial charge in [-0.25, -0.2) is 13.4 Å². The molecule has 1 aromatic heterocycles. The normalized spacial score (nSPS) is 14.7. The number of hydrogen-bond acceptors (Lipinski definition) is 4. The van der Waals surface area contributed by atoms with Gasteiger partial charge in [0.15, 0.2) is 0 Å². The van der Waals surface area contributed by atoms with E-state index in [-0.39, 0.29) is 22.2 Å². The fourth-order valence-electron chi connectivity index (χ4n) is 1.55. The number of nitrogen functional groups attached to an aromatic ring is 1. The van der Waals surface area contributed by atoms with E-state index in [1.807, 2.05) is 27.7 Å². The van der Waals surface area contributed by atoms with E-state index in [4.69, 9.17) is 5.73 Å². The van der Waals surface area contributed by atoms with Crippen molar-refractivity contribution < 1.29 is 8.42 Å². The van der Waals surface area contributed by atoms with Crippen molar-refractivity contribution in [2.24, 2.45) is 5.41 Å². The van der Waals surface area contributed by atoms with E-state index in [0.29, 0.717) is 4.47 Å².